The van der Waals surface area contributed by atoms with Gasteiger partial charge < -0.3 is 10.4 Å². The molecular formula is C8H10F3NO3. The van der Waals surface area contributed by atoms with E-state index in [1.54, 1.807) is 5.32 Å². The lowest BCUT2D eigenvalue weighted by Gasteiger charge is -2.18. The fourth-order valence-corrected chi connectivity index (χ4v) is 1.68. The molecule has 1 saturated carbocycles. The summed E-state index contributed by atoms with van der Waals surface area (Å²) in [5, 5.41) is 10.4. The highest BCUT2D eigenvalue weighted by atomic mass is 19.4. The van der Waals surface area contributed by atoms with Crippen LogP contribution in [-0.2, 0) is 9.59 Å². The number of hydrogen-bond acceptors (Lipinski definition) is 2. The van der Waals surface area contributed by atoms with Crippen molar-refractivity contribution in [1.82, 2.24) is 5.32 Å². The summed E-state index contributed by atoms with van der Waals surface area (Å²) in [6.45, 7) is 0. The Kier molecular flexibility index (Phi) is 3.21. The minimum Gasteiger partial charge on any atom is -0.481 e. The molecule has 2 N–H and O–H groups in total. The maximum atomic E-state index is 11.9. The summed E-state index contributed by atoms with van der Waals surface area (Å²) in [4.78, 5) is 21.2. The van der Waals surface area contributed by atoms with E-state index in [1.165, 1.54) is 0 Å². The van der Waals surface area contributed by atoms with Gasteiger partial charge in [-0.1, -0.05) is 6.42 Å². The monoisotopic (exact) mass is 225 g/mol. The van der Waals surface area contributed by atoms with Crippen molar-refractivity contribution in [2.75, 3.05) is 0 Å². The Labute approximate surface area is 83.5 Å². The predicted molar refractivity (Wildman–Crippen MR) is 43.0 cm³/mol. The molecule has 0 bridgehead atoms. The number of carbonyl (C=O) groups excluding carboxylic acids is 1. The van der Waals surface area contributed by atoms with E-state index in [0.29, 0.717) is 12.8 Å². The van der Waals surface area contributed by atoms with E-state index in [9.17, 15) is 22.8 Å². The molecular weight excluding hydrogens is 215 g/mol. The van der Waals surface area contributed by atoms with Gasteiger partial charge in [-0.2, -0.15) is 13.2 Å². The summed E-state index contributed by atoms with van der Waals surface area (Å²) >= 11 is 0. The molecule has 7 heteroatoms. The van der Waals surface area contributed by atoms with Crippen LogP contribution in [0.25, 0.3) is 0 Å². The smallest absolute Gasteiger partial charge is 0.471 e. The number of halogens is 3. The molecule has 0 unspecified atom stereocenters. The van der Waals surface area contributed by atoms with Crippen molar-refractivity contribution in [1.29, 1.82) is 0 Å². The molecule has 0 aliphatic heterocycles. The molecule has 1 amide bonds. The summed E-state index contributed by atoms with van der Waals surface area (Å²) in [6, 6.07) is -0.906. The zero-order valence-electron chi connectivity index (χ0n) is 7.67. The highest BCUT2D eigenvalue weighted by molar-refractivity contribution is 5.83. The molecule has 4 nitrogen and oxygen atoms in total. The molecule has 0 spiro atoms. The van der Waals surface area contributed by atoms with Crippen LogP contribution in [0.3, 0.4) is 0 Å². The molecule has 15 heavy (non-hydrogen) atoms. The summed E-state index contributed by atoms with van der Waals surface area (Å²) < 4.78 is 35.6. The lowest BCUT2D eigenvalue weighted by Crippen LogP contribution is -2.46. The zero-order chi connectivity index (χ0) is 11.6. The number of carbonyl (C=O) groups is 2. The number of carboxylic acids is 1. The van der Waals surface area contributed by atoms with E-state index in [1.807, 2.05) is 0 Å². The average molecular weight is 225 g/mol. The molecule has 1 rings (SSSR count). The van der Waals surface area contributed by atoms with Gasteiger partial charge in [-0.25, -0.2) is 0 Å². The highest BCUT2D eigenvalue weighted by Gasteiger charge is 2.43. The van der Waals surface area contributed by atoms with Gasteiger partial charge in [0.25, 0.3) is 0 Å². The quantitative estimate of drug-likeness (QED) is 0.734. The summed E-state index contributed by atoms with van der Waals surface area (Å²) in [6.07, 6.45) is -3.86. The first kappa shape index (κ1) is 11.8. The second-order valence-electron chi connectivity index (χ2n) is 3.45. The van der Waals surface area contributed by atoms with Crippen LogP contribution in [0.15, 0.2) is 0 Å². The van der Waals surface area contributed by atoms with Gasteiger partial charge in [0.15, 0.2) is 0 Å². The standard InChI is InChI=1S/C8H10F3NO3/c9-8(10,11)7(15)12-5-3-1-2-4(5)6(13)14/h4-5H,1-3H2,(H,12,15)(H,13,14)/t4-,5+/m0/s1. The van der Waals surface area contributed by atoms with Crippen molar-refractivity contribution in [3.05, 3.63) is 0 Å². The van der Waals surface area contributed by atoms with E-state index in [-0.39, 0.29) is 6.42 Å². The van der Waals surface area contributed by atoms with Gasteiger partial charge >= 0.3 is 18.1 Å². The average Bonchev–Trinajstić information content (AvgIpc) is 2.50. The molecule has 2 atom stereocenters. The topological polar surface area (TPSA) is 66.4 Å². The highest BCUT2D eigenvalue weighted by Crippen LogP contribution is 2.27. The van der Waals surface area contributed by atoms with Crippen molar-refractivity contribution < 1.29 is 27.9 Å². The third-order valence-electron chi connectivity index (χ3n) is 2.41. The van der Waals surface area contributed by atoms with E-state index in [2.05, 4.69) is 0 Å². The number of amides is 1. The Balaban J connectivity index is 2.58. The Morgan fingerprint density at radius 1 is 1.27 bits per heavy atom. The van der Waals surface area contributed by atoms with Crippen LogP contribution in [0.5, 0.6) is 0 Å². The van der Waals surface area contributed by atoms with Crippen LogP contribution >= 0.6 is 0 Å². The number of nitrogens with one attached hydrogen (secondary N) is 1. The van der Waals surface area contributed by atoms with Gasteiger partial charge in [-0.3, -0.25) is 9.59 Å². The number of alkyl halides is 3. The molecule has 1 aliphatic carbocycles. The lowest BCUT2D eigenvalue weighted by molar-refractivity contribution is -0.174. The first-order valence-electron chi connectivity index (χ1n) is 4.43. The number of carboxylic acid groups (broad SMARTS) is 1. The Bertz CT molecular complexity index is 277. The SMILES string of the molecule is O=C(O)[C@H]1CCC[C@H]1NC(=O)C(F)(F)F. The van der Waals surface area contributed by atoms with Gasteiger partial charge in [0.2, 0.25) is 0 Å². The largest absolute Gasteiger partial charge is 0.481 e. The third kappa shape index (κ3) is 2.84. The molecule has 86 valence electrons. The Morgan fingerprint density at radius 3 is 2.33 bits per heavy atom. The summed E-state index contributed by atoms with van der Waals surface area (Å²) in [5.74, 6) is -4.14. The lowest BCUT2D eigenvalue weighted by atomic mass is 10.0. The van der Waals surface area contributed by atoms with Crippen molar-refractivity contribution in [3.8, 4) is 0 Å². The molecule has 0 aromatic rings. The molecule has 1 aliphatic rings. The number of aliphatic carboxylic acids is 1. The Hall–Kier alpha value is -1.27. The fraction of sp³-hybridized carbons (Fsp3) is 0.750. The maximum Gasteiger partial charge on any atom is 0.471 e. The van der Waals surface area contributed by atoms with Gasteiger partial charge in [0.05, 0.1) is 5.92 Å². The fourth-order valence-electron chi connectivity index (χ4n) is 1.68. The normalized spacial score (nSPS) is 26.3. The van der Waals surface area contributed by atoms with Crippen LogP contribution in [0, 0.1) is 5.92 Å². The molecule has 1 fully saturated rings. The second-order valence-corrected chi connectivity index (χ2v) is 3.45. The molecule has 0 heterocycles. The number of hydrogen-bond donors (Lipinski definition) is 2. The first-order valence-corrected chi connectivity index (χ1v) is 4.43. The Morgan fingerprint density at radius 2 is 1.87 bits per heavy atom. The van der Waals surface area contributed by atoms with Gasteiger partial charge in [0.1, 0.15) is 0 Å². The van der Waals surface area contributed by atoms with Crippen LogP contribution in [0.1, 0.15) is 19.3 Å². The predicted octanol–water partition coefficient (Wildman–Crippen LogP) is 0.918. The van der Waals surface area contributed by atoms with Crippen LogP contribution < -0.4 is 5.32 Å². The molecule has 0 saturated heterocycles. The summed E-state index contributed by atoms with van der Waals surface area (Å²) in [5.41, 5.74) is 0. The maximum absolute atomic E-state index is 11.9. The first-order chi connectivity index (χ1) is 6.82. The zero-order valence-corrected chi connectivity index (χ0v) is 7.67. The second kappa shape index (κ2) is 4.08. The van der Waals surface area contributed by atoms with Crippen molar-refractivity contribution in [3.63, 3.8) is 0 Å². The van der Waals surface area contributed by atoms with E-state index < -0.39 is 30.0 Å². The third-order valence-corrected chi connectivity index (χ3v) is 2.41. The van der Waals surface area contributed by atoms with Crippen LogP contribution in [0.2, 0.25) is 0 Å². The number of rotatable bonds is 2. The minimum absolute atomic E-state index is 0.277. The molecule has 0 aromatic carbocycles. The van der Waals surface area contributed by atoms with Crippen molar-refractivity contribution >= 4 is 11.9 Å². The van der Waals surface area contributed by atoms with E-state index >= 15 is 0 Å². The van der Waals surface area contributed by atoms with Crippen LogP contribution in [-0.4, -0.2) is 29.2 Å². The van der Waals surface area contributed by atoms with Gasteiger partial charge in [-0.05, 0) is 12.8 Å². The van der Waals surface area contributed by atoms with Crippen molar-refractivity contribution in [2.45, 2.75) is 31.5 Å². The minimum atomic E-state index is -4.95. The molecule has 0 radical (unpaired) electrons. The van der Waals surface area contributed by atoms with Crippen LogP contribution in [0.4, 0.5) is 13.2 Å². The van der Waals surface area contributed by atoms with Crippen molar-refractivity contribution in [2.24, 2.45) is 5.92 Å². The van der Waals surface area contributed by atoms with E-state index in [4.69, 9.17) is 5.11 Å². The van der Waals surface area contributed by atoms with E-state index in [0.717, 1.165) is 0 Å². The summed E-state index contributed by atoms with van der Waals surface area (Å²) in [7, 11) is 0. The van der Waals surface area contributed by atoms with Gasteiger partial charge in [-0.15, -0.1) is 0 Å². The van der Waals surface area contributed by atoms with Gasteiger partial charge in [0, 0.05) is 6.04 Å². The molecule has 0 aromatic heterocycles.